The molecule has 1 aromatic rings. The van der Waals surface area contributed by atoms with E-state index in [-0.39, 0.29) is 12.1 Å². The molecule has 6 heteroatoms. The van der Waals surface area contributed by atoms with Gasteiger partial charge >= 0.3 is 0 Å². The number of halogens is 2. The van der Waals surface area contributed by atoms with Crippen molar-refractivity contribution in [2.75, 3.05) is 0 Å². The van der Waals surface area contributed by atoms with E-state index < -0.39 is 10.0 Å². The molecule has 0 spiro atoms. The predicted molar refractivity (Wildman–Crippen MR) is 88.3 cm³/mol. The highest BCUT2D eigenvalue weighted by Gasteiger charge is 2.36. The lowest BCUT2D eigenvalue weighted by molar-refractivity contribution is 0.275. The van der Waals surface area contributed by atoms with Crippen LogP contribution < -0.4 is 0 Å². The van der Waals surface area contributed by atoms with Crippen molar-refractivity contribution in [3.05, 3.63) is 27.1 Å². The van der Waals surface area contributed by atoms with Crippen LogP contribution in [0.1, 0.15) is 39.5 Å². The lowest BCUT2D eigenvalue weighted by Crippen LogP contribution is -2.43. The van der Waals surface area contributed by atoms with Gasteiger partial charge in [-0.2, -0.15) is 4.31 Å². The fourth-order valence-corrected chi connectivity index (χ4v) is 6.44. The van der Waals surface area contributed by atoms with E-state index in [1.807, 2.05) is 13.8 Å². The maximum absolute atomic E-state index is 13.0. The molecule has 20 heavy (non-hydrogen) atoms. The van der Waals surface area contributed by atoms with E-state index in [0.29, 0.717) is 9.37 Å². The highest BCUT2D eigenvalue weighted by molar-refractivity contribution is 9.11. The summed E-state index contributed by atoms with van der Waals surface area (Å²) in [5, 5.41) is 0. The Bertz CT molecular complexity index is 581. The summed E-state index contributed by atoms with van der Waals surface area (Å²) in [6.45, 7) is 3.89. The summed E-state index contributed by atoms with van der Waals surface area (Å²) < 4.78 is 29.1. The van der Waals surface area contributed by atoms with Gasteiger partial charge < -0.3 is 0 Å². The Morgan fingerprint density at radius 2 is 1.80 bits per heavy atom. The van der Waals surface area contributed by atoms with Gasteiger partial charge in [0.25, 0.3) is 0 Å². The number of hydrogen-bond acceptors (Lipinski definition) is 2. The van der Waals surface area contributed by atoms with Crippen molar-refractivity contribution in [1.82, 2.24) is 4.31 Å². The predicted octanol–water partition coefficient (Wildman–Crippen LogP) is 4.55. The van der Waals surface area contributed by atoms with Crippen molar-refractivity contribution in [3.63, 3.8) is 0 Å². The Morgan fingerprint density at radius 3 is 2.30 bits per heavy atom. The van der Waals surface area contributed by atoms with Gasteiger partial charge in [-0.05, 0) is 60.8 Å². The summed E-state index contributed by atoms with van der Waals surface area (Å²) >= 11 is 6.73. The topological polar surface area (TPSA) is 37.4 Å². The second-order valence-electron chi connectivity index (χ2n) is 5.44. The average molecular weight is 425 g/mol. The highest BCUT2D eigenvalue weighted by atomic mass is 79.9. The van der Waals surface area contributed by atoms with Crippen LogP contribution in [0.15, 0.2) is 32.0 Å². The lowest BCUT2D eigenvalue weighted by Gasteiger charge is -2.31. The molecule has 0 atom stereocenters. The van der Waals surface area contributed by atoms with Crippen LogP contribution in [-0.4, -0.2) is 24.8 Å². The van der Waals surface area contributed by atoms with E-state index in [0.717, 1.165) is 30.2 Å². The van der Waals surface area contributed by atoms with Crippen LogP contribution >= 0.6 is 31.9 Å². The molecule has 0 bridgehead atoms. The third-order valence-corrected chi connectivity index (χ3v) is 7.24. The van der Waals surface area contributed by atoms with Crippen molar-refractivity contribution >= 4 is 41.9 Å². The molecular weight excluding hydrogens is 406 g/mol. The molecule has 1 saturated carbocycles. The Balaban J connectivity index is 2.44. The molecule has 0 aliphatic heterocycles. The Morgan fingerprint density at radius 1 is 1.20 bits per heavy atom. The van der Waals surface area contributed by atoms with Crippen LogP contribution in [0.25, 0.3) is 0 Å². The largest absolute Gasteiger partial charge is 0.244 e. The van der Waals surface area contributed by atoms with Gasteiger partial charge in [-0.1, -0.05) is 28.8 Å². The number of benzene rings is 1. The minimum atomic E-state index is -3.47. The molecule has 0 aromatic heterocycles. The van der Waals surface area contributed by atoms with Gasteiger partial charge in [0.2, 0.25) is 10.0 Å². The monoisotopic (exact) mass is 423 g/mol. The van der Waals surface area contributed by atoms with Gasteiger partial charge in [0, 0.05) is 21.0 Å². The highest BCUT2D eigenvalue weighted by Crippen LogP contribution is 2.34. The normalized spacial score (nSPS) is 17.3. The molecule has 0 saturated heterocycles. The van der Waals surface area contributed by atoms with Gasteiger partial charge in [-0.3, -0.25) is 0 Å². The zero-order valence-corrected chi connectivity index (χ0v) is 15.6. The van der Waals surface area contributed by atoms with Gasteiger partial charge in [-0.15, -0.1) is 0 Å². The first kappa shape index (κ1) is 16.5. The van der Waals surface area contributed by atoms with E-state index in [9.17, 15) is 8.42 Å². The van der Waals surface area contributed by atoms with Crippen molar-refractivity contribution in [2.45, 2.75) is 56.5 Å². The average Bonchev–Trinajstić information content (AvgIpc) is 2.80. The molecule has 0 amide bonds. The third-order valence-electron chi connectivity index (χ3n) is 3.64. The first-order valence-electron chi connectivity index (χ1n) is 6.82. The molecule has 2 rings (SSSR count). The van der Waals surface area contributed by atoms with Gasteiger partial charge in [-0.25, -0.2) is 8.42 Å². The number of hydrogen-bond donors (Lipinski definition) is 0. The summed E-state index contributed by atoms with van der Waals surface area (Å²) in [6.07, 6.45) is 4.16. The molecule has 112 valence electrons. The zero-order chi connectivity index (χ0) is 14.9. The standard InChI is InChI=1S/C14H19Br2NO2S/c1-10(2)17(12-5-3-4-6-12)20(18,19)14-8-7-11(15)9-13(14)16/h7-10,12H,3-6H2,1-2H3. The Hall–Kier alpha value is 0.0900. The zero-order valence-electron chi connectivity index (χ0n) is 11.6. The van der Waals surface area contributed by atoms with E-state index in [1.165, 1.54) is 0 Å². The van der Waals surface area contributed by atoms with Crippen LogP contribution in [0.5, 0.6) is 0 Å². The van der Waals surface area contributed by atoms with Crippen LogP contribution in [0.3, 0.4) is 0 Å². The summed E-state index contributed by atoms with van der Waals surface area (Å²) in [5.74, 6) is 0. The molecular formula is C14H19Br2NO2S. The fourth-order valence-electron chi connectivity index (χ4n) is 2.85. The Labute approximate surface area is 138 Å². The summed E-state index contributed by atoms with van der Waals surface area (Å²) in [4.78, 5) is 0.348. The van der Waals surface area contributed by atoms with E-state index in [2.05, 4.69) is 31.9 Å². The third kappa shape index (κ3) is 3.29. The first-order valence-corrected chi connectivity index (χ1v) is 9.85. The van der Waals surface area contributed by atoms with Crippen molar-refractivity contribution < 1.29 is 8.42 Å². The van der Waals surface area contributed by atoms with Crippen LogP contribution in [0.4, 0.5) is 0 Å². The summed E-state index contributed by atoms with van der Waals surface area (Å²) in [6, 6.07) is 5.31. The van der Waals surface area contributed by atoms with Crippen molar-refractivity contribution in [2.24, 2.45) is 0 Å². The molecule has 0 unspecified atom stereocenters. The van der Waals surface area contributed by atoms with Crippen LogP contribution in [0, 0.1) is 0 Å². The summed E-state index contributed by atoms with van der Waals surface area (Å²) in [7, 11) is -3.47. The molecule has 0 N–H and O–H groups in total. The summed E-state index contributed by atoms with van der Waals surface area (Å²) in [5.41, 5.74) is 0. The number of rotatable bonds is 4. The van der Waals surface area contributed by atoms with E-state index >= 15 is 0 Å². The molecule has 1 aromatic carbocycles. The second-order valence-corrected chi connectivity index (χ2v) is 9.02. The van der Waals surface area contributed by atoms with Crippen molar-refractivity contribution in [3.8, 4) is 0 Å². The minimum absolute atomic E-state index is 0.0290. The molecule has 3 nitrogen and oxygen atoms in total. The maximum atomic E-state index is 13.0. The molecule has 1 fully saturated rings. The molecule has 0 radical (unpaired) electrons. The number of nitrogens with zero attached hydrogens (tertiary/aromatic N) is 1. The molecule has 1 aliphatic rings. The van der Waals surface area contributed by atoms with Gasteiger partial charge in [0.15, 0.2) is 0 Å². The second kappa shape index (κ2) is 6.46. The molecule has 0 heterocycles. The van der Waals surface area contributed by atoms with E-state index in [1.54, 1.807) is 22.5 Å². The fraction of sp³-hybridized carbons (Fsp3) is 0.571. The first-order chi connectivity index (χ1) is 9.34. The minimum Gasteiger partial charge on any atom is -0.207 e. The maximum Gasteiger partial charge on any atom is 0.244 e. The van der Waals surface area contributed by atoms with Crippen LogP contribution in [-0.2, 0) is 10.0 Å². The SMILES string of the molecule is CC(C)N(C1CCCC1)S(=O)(=O)c1ccc(Br)cc1Br. The lowest BCUT2D eigenvalue weighted by atomic mass is 10.2. The molecule has 1 aliphatic carbocycles. The smallest absolute Gasteiger partial charge is 0.207 e. The van der Waals surface area contributed by atoms with Crippen molar-refractivity contribution in [1.29, 1.82) is 0 Å². The number of sulfonamides is 1. The van der Waals surface area contributed by atoms with E-state index in [4.69, 9.17) is 0 Å². The van der Waals surface area contributed by atoms with Crippen LogP contribution in [0.2, 0.25) is 0 Å². The van der Waals surface area contributed by atoms with Gasteiger partial charge in [0.1, 0.15) is 0 Å². The quantitative estimate of drug-likeness (QED) is 0.710. The van der Waals surface area contributed by atoms with Gasteiger partial charge in [0.05, 0.1) is 4.90 Å². The Kier molecular flexibility index (Phi) is 5.32.